The molecule has 0 radical (unpaired) electrons. The Morgan fingerprint density at radius 1 is 1.38 bits per heavy atom. The van der Waals surface area contributed by atoms with Crippen molar-refractivity contribution in [2.75, 3.05) is 13.1 Å². The summed E-state index contributed by atoms with van der Waals surface area (Å²) in [6, 6.07) is 9.45. The molecule has 1 aliphatic rings. The minimum Gasteiger partial charge on any atom is -0.459 e. The quantitative estimate of drug-likeness (QED) is 0.830. The Hall–Kier alpha value is -2.40. The van der Waals surface area contributed by atoms with E-state index in [2.05, 4.69) is 28.2 Å². The first-order chi connectivity index (χ1) is 11.8. The summed E-state index contributed by atoms with van der Waals surface area (Å²) in [7, 11) is 0. The van der Waals surface area contributed by atoms with Crippen LogP contribution >= 0.6 is 0 Å². The molecule has 1 atom stereocenters. The summed E-state index contributed by atoms with van der Waals surface area (Å²) in [5.74, 6) is 0.199. The van der Waals surface area contributed by atoms with E-state index in [0.717, 1.165) is 38.2 Å². The van der Waals surface area contributed by atoms with Crippen molar-refractivity contribution >= 4 is 5.91 Å². The molecule has 1 amide bonds. The van der Waals surface area contributed by atoms with Crippen LogP contribution in [0.5, 0.6) is 0 Å². The predicted molar refractivity (Wildman–Crippen MR) is 92.5 cm³/mol. The lowest BCUT2D eigenvalue weighted by Crippen LogP contribution is -2.41. The van der Waals surface area contributed by atoms with Crippen molar-refractivity contribution < 1.29 is 9.21 Å². The van der Waals surface area contributed by atoms with Gasteiger partial charge in [0.15, 0.2) is 5.76 Å². The Balaban J connectivity index is 1.61. The van der Waals surface area contributed by atoms with Gasteiger partial charge in [-0.2, -0.15) is 0 Å². The number of amides is 1. The van der Waals surface area contributed by atoms with Crippen LogP contribution in [0.15, 0.2) is 58.9 Å². The smallest absolute Gasteiger partial charge is 0.287 e. The van der Waals surface area contributed by atoms with Gasteiger partial charge in [-0.1, -0.05) is 19.1 Å². The standard InChI is InChI=1S/C19H23N3O2/c1-2-17(21-19(23)18-9-6-12-24-18)15-7-5-11-22(13-15)14-16-8-3-4-10-20-16/h3-4,6-10,12,17H,2,5,11,13-14H2,1H3,(H,21,23)/t17-/m1/s1. The van der Waals surface area contributed by atoms with Crippen molar-refractivity contribution in [2.24, 2.45) is 0 Å². The maximum Gasteiger partial charge on any atom is 0.287 e. The van der Waals surface area contributed by atoms with E-state index in [9.17, 15) is 4.79 Å². The fourth-order valence-corrected chi connectivity index (χ4v) is 3.04. The van der Waals surface area contributed by atoms with Crippen LogP contribution in [0.2, 0.25) is 0 Å². The van der Waals surface area contributed by atoms with Crippen LogP contribution in [-0.4, -0.2) is 34.9 Å². The van der Waals surface area contributed by atoms with E-state index < -0.39 is 0 Å². The second-order valence-corrected chi connectivity index (χ2v) is 6.01. The summed E-state index contributed by atoms with van der Waals surface area (Å²) in [5, 5.41) is 3.08. The van der Waals surface area contributed by atoms with Crippen molar-refractivity contribution in [3.63, 3.8) is 0 Å². The molecule has 0 bridgehead atoms. The molecule has 0 aliphatic carbocycles. The lowest BCUT2D eigenvalue weighted by atomic mass is 9.99. The third kappa shape index (κ3) is 4.11. The lowest BCUT2D eigenvalue weighted by Gasteiger charge is -2.31. The van der Waals surface area contributed by atoms with Gasteiger partial charge < -0.3 is 9.73 Å². The maximum absolute atomic E-state index is 12.2. The summed E-state index contributed by atoms with van der Waals surface area (Å²) in [6.07, 6.45) is 7.45. The van der Waals surface area contributed by atoms with Gasteiger partial charge >= 0.3 is 0 Å². The van der Waals surface area contributed by atoms with Crippen LogP contribution in [0.1, 0.15) is 36.0 Å². The van der Waals surface area contributed by atoms with Crippen molar-refractivity contribution in [2.45, 2.75) is 32.4 Å². The zero-order chi connectivity index (χ0) is 16.8. The zero-order valence-electron chi connectivity index (χ0n) is 13.9. The molecule has 2 aromatic heterocycles. The van der Waals surface area contributed by atoms with E-state index in [4.69, 9.17) is 4.42 Å². The largest absolute Gasteiger partial charge is 0.459 e. The molecule has 3 rings (SSSR count). The van der Waals surface area contributed by atoms with E-state index in [0.29, 0.717) is 5.76 Å². The van der Waals surface area contributed by atoms with Crippen LogP contribution in [0.4, 0.5) is 0 Å². The molecule has 0 unspecified atom stereocenters. The van der Waals surface area contributed by atoms with E-state index in [1.54, 1.807) is 12.1 Å². The first-order valence-electron chi connectivity index (χ1n) is 8.42. The van der Waals surface area contributed by atoms with Crippen molar-refractivity contribution in [1.29, 1.82) is 0 Å². The number of nitrogens with one attached hydrogen (secondary N) is 1. The van der Waals surface area contributed by atoms with Gasteiger partial charge in [-0.15, -0.1) is 0 Å². The Morgan fingerprint density at radius 2 is 2.29 bits per heavy atom. The van der Waals surface area contributed by atoms with E-state index in [1.807, 2.05) is 24.4 Å². The number of carbonyl (C=O) groups is 1. The molecule has 0 saturated heterocycles. The summed E-state index contributed by atoms with van der Waals surface area (Å²) >= 11 is 0. The summed E-state index contributed by atoms with van der Waals surface area (Å²) in [6.45, 7) is 4.79. The van der Waals surface area contributed by atoms with Crippen LogP contribution in [0.25, 0.3) is 0 Å². The highest BCUT2D eigenvalue weighted by Gasteiger charge is 2.22. The van der Waals surface area contributed by atoms with Gasteiger partial charge in [-0.25, -0.2) is 0 Å². The minimum atomic E-state index is -0.158. The molecular formula is C19H23N3O2. The summed E-state index contributed by atoms with van der Waals surface area (Å²) in [5.41, 5.74) is 2.34. The molecule has 0 saturated carbocycles. The highest BCUT2D eigenvalue weighted by molar-refractivity contribution is 5.91. The molecule has 0 fully saturated rings. The van der Waals surface area contributed by atoms with E-state index in [1.165, 1.54) is 11.8 Å². The maximum atomic E-state index is 12.2. The molecule has 1 aliphatic heterocycles. The van der Waals surface area contributed by atoms with Crippen molar-refractivity contribution in [3.8, 4) is 0 Å². The SMILES string of the molecule is CC[C@@H](NC(=O)c1ccco1)C1=CCCN(Cc2ccccn2)C1. The first kappa shape index (κ1) is 16.5. The molecule has 5 nitrogen and oxygen atoms in total. The van der Waals surface area contributed by atoms with Crippen LogP contribution < -0.4 is 5.32 Å². The molecule has 1 N–H and O–H groups in total. The molecule has 126 valence electrons. The van der Waals surface area contributed by atoms with Crippen molar-refractivity contribution in [3.05, 3.63) is 65.9 Å². The van der Waals surface area contributed by atoms with Gasteiger partial charge in [0.2, 0.25) is 0 Å². The number of aromatic nitrogens is 1. The normalized spacial score (nSPS) is 16.5. The van der Waals surface area contributed by atoms with Gasteiger partial charge in [-0.3, -0.25) is 14.7 Å². The predicted octanol–water partition coefficient (Wildman–Crippen LogP) is 3.02. The second kappa shape index (κ2) is 7.93. The first-order valence-corrected chi connectivity index (χ1v) is 8.42. The van der Waals surface area contributed by atoms with Gasteiger partial charge in [0.05, 0.1) is 18.0 Å². The summed E-state index contributed by atoms with van der Waals surface area (Å²) < 4.78 is 5.18. The number of nitrogens with zero attached hydrogens (tertiary/aromatic N) is 2. The third-order valence-corrected chi connectivity index (χ3v) is 4.28. The average Bonchev–Trinajstić information content (AvgIpc) is 3.15. The van der Waals surface area contributed by atoms with Crippen LogP contribution in [0.3, 0.4) is 0 Å². The average molecular weight is 325 g/mol. The van der Waals surface area contributed by atoms with E-state index in [-0.39, 0.29) is 11.9 Å². The van der Waals surface area contributed by atoms with Gasteiger partial charge in [0.1, 0.15) is 0 Å². The molecule has 24 heavy (non-hydrogen) atoms. The number of hydrogen-bond donors (Lipinski definition) is 1. The number of furan rings is 1. The topological polar surface area (TPSA) is 58.4 Å². The fourth-order valence-electron chi connectivity index (χ4n) is 3.04. The Labute approximate surface area is 142 Å². The Kier molecular flexibility index (Phi) is 5.43. The highest BCUT2D eigenvalue weighted by atomic mass is 16.3. The van der Waals surface area contributed by atoms with Gasteiger partial charge in [0.25, 0.3) is 5.91 Å². The third-order valence-electron chi connectivity index (χ3n) is 4.28. The highest BCUT2D eigenvalue weighted by Crippen LogP contribution is 2.17. The summed E-state index contributed by atoms with van der Waals surface area (Å²) in [4.78, 5) is 19.0. The fraction of sp³-hybridized carbons (Fsp3) is 0.368. The minimum absolute atomic E-state index is 0.0362. The number of rotatable bonds is 6. The monoisotopic (exact) mass is 325 g/mol. The van der Waals surface area contributed by atoms with Gasteiger partial charge in [-0.05, 0) is 42.7 Å². The van der Waals surface area contributed by atoms with Crippen molar-refractivity contribution in [1.82, 2.24) is 15.2 Å². The second-order valence-electron chi connectivity index (χ2n) is 6.01. The number of carbonyl (C=O) groups excluding carboxylic acids is 1. The van der Waals surface area contributed by atoms with Crippen LogP contribution in [-0.2, 0) is 6.54 Å². The molecule has 0 spiro atoms. The molecule has 5 heteroatoms. The lowest BCUT2D eigenvalue weighted by molar-refractivity contribution is 0.0911. The molecular weight excluding hydrogens is 302 g/mol. The van der Waals surface area contributed by atoms with E-state index >= 15 is 0 Å². The Morgan fingerprint density at radius 3 is 3.00 bits per heavy atom. The van der Waals surface area contributed by atoms with Crippen LogP contribution in [0, 0.1) is 0 Å². The molecule has 0 aromatic carbocycles. The Bertz CT molecular complexity index is 680. The zero-order valence-corrected chi connectivity index (χ0v) is 13.9. The van der Waals surface area contributed by atoms with Gasteiger partial charge in [0, 0.05) is 25.8 Å². The number of pyridine rings is 1. The number of hydrogen-bond acceptors (Lipinski definition) is 4. The molecule has 3 heterocycles. The molecule has 2 aromatic rings.